The molecule has 2 saturated heterocycles. The second-order valence-electron chi connectivity index (χ2n) is 6.44. The number of hydrogen-bond acceptors (Lipinski definition) is 3. The first-order valence-electron chi connectivity index (χ1n) is 7.93. The minimum atomic E-state index is -0.817. The van der Waals surface area contributed by atoms with Gasteiger partial charge < -0.3 is 14.7 Å². The standard InChI is InChI=1S/C17H19NO4/c19-16(13-9-10-5-6-15(13)22-10)18-8-7-12(17(20)21)11-3-1-2-4-14(11)18/h1-4,10,12-13,15H,5-9H2,(H,20,21). The molecule has 22 heavy (non-hydrogen) atoms. The number of anilines is 1. The molecule has 5 nitrogen and oxygen atoms in total. The van der Waals surface area contributed by atoms with Crippen molar-refractivity contribution in [3.63, 3.8) is 0 Å². The van der Waals surface area contributed by atoms with E-state index in [1.165, 1.54) is 0 Å². The summed E-state index contributed by atoms with van der Waals surface area (Å²) in [5, 5.41) is 9.38. The maximum absolute atomic E-state index is 12.9. The number of nitrogens with zero attached hydrogens (tertiary/aromatic N) is 1. The Morgan fingerprint density at radius 2 is 2.00 bits per heavy atom. The maximum Gasteiger partial charge on any atom is 0.311 e. The van der Waals surface area contributed by atoms with Gasteiger partial charge in [-0.15, -0.1) is 0 Å². The number of rotatable bonds is 2. The summed E-state index contributed by atoms with van der Waals surface area (Å²) >= 11 is 0. The summed E-state index contributed by atoms with van der Waals surface area (Å²) in [6.45, 7) is 0.473. The van der Waals surface area contributed by atoms with Crippen molar-refractivity contribution < 1.29 is 19.4 Å². The predicted molar refractivity (Wildman–Crippen MR) is 79.8 cm³/mol. The zero-order chi connectivity index (χ0) is 15.3. The van der Waals surface area contributed by atoms with Crippen LogP contribution in [0.5, 0.6) is 0 Å². The lowest BCUT2D eigenvalue weighted by molar-refractivity contribution is -0.139. The van der Waals surface area contributed by atoms with E-state index < -0.39 is 11.9 Å². The summed E-state index contributed by atoms with van der Waals surface area (Å²) in [7, 11) is 0. The third-order valence-electron chi connectivity index (χ3n) is 5.23. The van der Waals surface area contributed by atoms with Crippen LogP contribution < -0.4 is 4.90 Å². The van der Waals surface area contributed by atoms with Crippen LogP contribution in [-0.4, -0.2) is 35.7 Å². The van der Waals surface area contributed by atoms with E-state index in [0.29, 0.717) is 13.0 Å². The molecule has 2 bridgehead atoms. The fourth-order valence-electron chi connectivity index (χ4n) is 4.15. The lowest BCUT2D eigenvalue weighted by Crippen LogP contribution is -2.44. The fraction of sp³-hybridized carbons (Fsp3) is 0.529. The summed E-state index contributed by atoms with van der Waals surface area (Å²) in [6, 6.07) is 7.38. The first-order valence-corrected chi connectivity index (χ1v) is 7.93. The lowest BCUT2D eigenvalue weighted by Gasteiger charge is -2.35. The van der Waals surface area contributed by atoms with Gasteiger partial charge in [0.25, 0.3) is 0 Å². The Kier molecular flexibility index (Phi) is 3.18. The van der Waals surface area contributed by atoms with Crippen LogP contribution in [0.1, 0.15) is 37.2 Å². The minimum Gasteiger partial charge on any atom is -0.481 e. The largest absolute Gasteiger partial charge is 0.481 e. The van der Waals surface area contributed by atoms with Crippen molar-refractivity contribution in [3.05, 3.63) is 29.8 Å². The van der Waals surface area contributed by atoms with Gasteiger partial charge in [-0.05, 0) is 37.3 Å². The molecule has 3 heterocycles. The number of benzene rings is 1. The number of carboxylic acids is 1. The highest BCUT2D eigenvalue weighted by atomic mass is 16.5. The predicted octanol–water partition coefficient (Wildman–Crippen LogP) is 2.16. The van der Waals surface area contributed by atoms with Crippen molar-refractivity contribution in [2.75, 3.05) is 11.4 Å². The molecule has 4 unspecified atom stereocenters. The molecule has 1 amide bonds. The molecule has 3 aliphatic heterocycles. The number of carbonyl (C=O) groups excluding carboxylic acids is 1. The Balaban J connectivity index is 1.64. The first kappa shape index (κ1) is 13.8. The van der Waals surface area contributed by atoms with Gasteiger partial charge in [-0.1, -0.05) is 18.2 Å². The average molecular weight is 301 g/mol. The molecule has 0 spiro atoms. The molecular weight excluding hydrogens is 282 g/mol. The van der Waals surface area contributed by atoms with Gasteiger partial charge in [-0.25, -0.2) is 0 Å². The Labute approximate surface area is 128 Å². The van der Waals surface area contributed by atoms with E-state index in [2.05, 4.69) is 0 Å². The SMILES string of the molecule is O=C(O)C1CCN(C(=O)C2CC3CCC2O3)c2ccccc21. The van der Waals surface area contributed by atoms with Gasteiger partial charge in [-0.3, -0.25) is 9.59 Å². The van der Waals surface area contributed by atoms with Crippen LogP contribution in [0, 0.1) is 5.92 Å². The van der Waals surface area contributed by atoms with Crippen LogP contribution in [0.3, 0.4) is 0 Å². The fourth-order valence-corrected chi connectivity index (χ4v) is 4.15. The summed E-state index contributed by atoms with van der Waals surface area (Å²) in [5.41, 5.74) is 1.51. The number of hydrogen-bond donors (Lipinski definition) is 1. The molecule has 5 heteroatoms. The van der Waals surface area contributed by atoms with Crippen molar-refractivity contribution in [3.8, 4) is 0 Å². The Morgan fingerprint density at radius 3 is 2.68 bits per heavy atom. The Morgan fingerprint density at radius 1 is 1.18 bits per heavy atom. The molecule has 0 aromatic heterocycles. The van der Waals surface area contributed by atoms with Crippen molar-refractivity contribution in [2.24, 2.45) is 5.92 Å². The van der Waals surface area contributed by atoms with Gasteiger partial charge >= 0.3 is 5.97 Å². The Hall–Kier alpha value is -1.88. The molecule has 1 aromatic rings. The second kappa shape index (κ2) is 5.09. The van der Waals surface area contributed by atoms with Gasteiger partial charge in [-0.2, -0.15) is 0 Å². The number of carbonyl (C=O) groups is 2. The van der Waals surface area contributed by atoms with Gasteiger partial charge in [0, 0.05) is 12.2 Å². The molecule has 1 aromatic carbocycles. The van der Waals surface area contributed by atoms with Crippen LogP contribution in [-0.2, 0) is 14.3 Å². The van der Waals surface area contributed by atoms with Crippen molar-refractivity contribution in [1.82, 2.24) is 0 Å². The molecule has 4 rings (SSSR count). The van der Waals surface area contributed by atoms with Crippen LogP contribution >= 0.6 is 0 Å². The molecule has 2 fully saturated rings. The molecule has 116 valence electrons. The molecule has 4 atom stereocenters. The van der Waals surface area contributed by atoms with Gasteiger partial charge in [0.2, 0.25) is 5.91 Å². The molecule has 1 N–H and O–H groups in total. The highest BCUT2D eigenvalue weighted by Crippen LogP contribution is 2.42. The van der Waals surface area contributed by atoms with Crippen molar-refractivity contribution in [2.45, 2.75) is 43.8 Å². The number of carboxylic acid groups (broad SMARTS) is 1. The summed E-state index contributed by atoms with van der Waals surface area (Å²) in [4.78, 5) is 26.1. The van der Waals surface area contributed by atoms with Crippen LogP contribution in [0.15, 0.2) is 24.3 Å². The quantitative estimate of drug-likeness (QED) is 0.909. The van der Waals surface area contributed by atoms with Gasteiger partial charge in [0.05, 0.1) is 24.0 Å². The minimum absolute atomic E-state index is 0.0573. The Bertz CT molecular complexity index is 629. The van der Waals surface area contributed by atoms with E-state index in [9.17, 15) is 14.7 Å². The van der Waals surface area contributed by atoms with E-state index in [4.69, 9.17) is 4.74 Å². The third-order valence-corrected chi connectivity index (χ3v) is 5.23. The number of fused-ring (bicyclic) bond motifs is 3. The number of aliphatic carboxylic acids is 1. The zero-order valence-electron chi connectivity index (χ0n) is 12.3. The van der Waals surface area contributed by atoms with Gasteiger partial charge in [0.1, 0.15) is 0 Å². The number of ether oxygens (including phenoxy) is 1. The van der Waals surface area contributed by atoms with Crippen LogP contribution in [0.4, 0.5) is 5.69 Å². The average Bonchev–Trinajstić information content (AvgIpc) is 3.16. The third kappa shape index (κ3) is 2.03. The number of amides is 1. The number of para-hydroxylation sites is 1. The first-order chi connectivity index (χ1) is 10.6. The zero-order valence-corrected chi connectivity index (χ0v) is 12.3. The smallest absolute Gasteiger partial charge is 0.311 e. The van der Waals surface area contributed by atoms with E-state index >= 15 is 0 Å². The highest BCUT2D eigenvalue weighted by molar-refractivity contribution is 5.98. The van der Waals surface area contributed by atoms with Crippen LogP contribution in [0.2, 0.25) is 0 Å². The van der Waals surface area contributed by atoms with Crippen molar-refractivity contribution >= 4 is 17.6 Å². The molecule has 0 saturated carbocycles. The highest BCUT2D eigenvalue weighted by Gasteiger charge is 2.47. The van der Waals surface area contributed by atoms with E-state index in [-0.39, 0.29) is 24.0 Å². The molecular formula is C17H19NO4. The normalized spacial score (nSPS) is 32.8. The monoisotopic (exact) mass is 301 g/mol. The second-order valence-corrected chi connectivity index (χ2v) is 6.44. The topological polar surface area (TPSA) is 66.8 Å². The summed E-state index contributed by atoms with van der Waals surface area (Å²) in [5.74, 6) is -1.30. The summed E-state index contributed by atoms with van der Waals surface area (Å²) in [6.07, 6.45) is 3.61. The van der Waals surface area contributed by atoms with E-state index in [1.54, 1.807) is 4.90 Å². The van der Waals surface area contributed by atoms with E-state index in [0.717, 1.165) is 30.5 Å². The maximum atomic E-state index is 12.9. The molecule has 3 aliphatic rings. The van der Waals surface area contributed by atoms with Crippen LogP contribution in [0.25, 0.3) is 0 Å². The summed E-state index contributed by atoms with van der Waals surface area (Å²) < 4.78 is 5.80. The van der Waals surface area contributed by atoms with Crippen molar-refractivity contribution in [1.29, 1.82) is 0 Å². The molecule has 0 radical (unpaired) electrons. The molecule has 0 aliphatic carbocycles. The lowest BCUT2D eigenvalue weighted by atomic mass is 9.85. The van der Waals surface area contributed by atoms with E-state index in [1.807, 2.05) is 24.3 Å². The van der Waals surface area contributed by atoms with Gasteiger partial charge in [0.15, 0.2) is 0 Å².